The molecule has 0 aliphatic heterocycles. The molecule has 0 bridgehead atoms. The average molecular weight is 404 g/mol. The summed E-state index contributed by atoms with van der Waals surface area (Å²) in [4.78, 5) is 24.3. The van der Waals surface area contributed by atoms with E-state index in [4.69, 9.17) is 12.2 Å². The number of nitrogens with one attached hydrogen (secondary N) is 3. The van der Waals surface area contributed by atoms with Gasteiger partial charge in [0.15, 0.2) is 5.11 Å². The van der Waals surface area contributed by atoms with Crippen LogP contribution in [0.3, 0.4) is 0 Å². The fraction of sp³-hybridized carbons (Fsp3) is 0.0870. The molecule has 0 spiro atoms. The molecule has 0 aromatic heterocycles. The molecule has 5 nitrogen and oxygen atoms in total. The van der Waals surface area contributed by atoms with Crippen LogP contribution in [0.25, 0.3) is 0 Å². The minimum atomic E-state index is -0.483. The van der Waals surface area contributed by atoms with E-state index < -0.39 is 5.92 Å². The topological polar surface area (TPSA) is 70.2 Å². The normalized spacial score (nSPS) is 10.3. The highest BCUT2D eigenvalue weighted by Crippen LogP contribution is 2.25. The predicted molar refractivity (Wildman–Crippen MR) is 120 cm³/mol. The first-order valence-electron chi connectivity index (χ1n) is 9.12. The Hall–Kier alpha value is -3.51. The number of thiocarbonyl (C=S) groups is 1. The van der Waals surface area contributed by atoms with Gasteiger partial charge in [-0.15, -0.1) is 0 Å². The van der Waals surface area contributed by atoms with Gasteiger partial charge < -0.3 is 16.0 Å². The number of anilines is 2. The highest BCUT2D eigenvalue weighted by atomic mass is 32.1. The number of hydrogen-bond acceptors (Lipinski definition) is 3. The van der Waals surface area contributed by atoms with E-state index in [1.807, 2.05) is 60.7 Å². The number of carbonyl (C=O) groups excluding carboxylic acids is 2. The van der Waals surface area contributed by atoms with Gasteiger partial charge in [-0.05, 0) is 41.5 Å². The van der Waals surface area contributed by atoms with Crippen LogP contribution in [0.1, 0.15) is 24.0 Å². The first-order chi connectivity index (χ1) is 14.0. The molecule has 3 aromatic rings. The average Bonchev–Trinajstić information content (AvgIpc) is 2.69. The van der Waals surface area contributed by atoms with Gasteiger partial charge in [-0.25, -0.2) is 0 Å². The summed E-state index contributed by atoms with van der Waals surface area (Å²) in [5, 5.41) is 8.67. The molecule has 0 fully saturated rings. The molecular weight excluding hydrogens is 382 g/mol. The molecule has 0 aliphatic carbocycles. The summed E-state index contributed by atoms with van der Waals surface area (Å²) in [7, 11) is 0. The molecule has 3 N–H and O–H groups in total. The summed E-state index contributed by atoms with van der Waals surface area (Å²) < 4.78 is 0. The number of carbonyl (C=O) groups is 2. The van der Waals surface area contributed by atoms with E-state index in [1.165, 1.54) is 6.92 Å². The van der Waals surface area contributed by atoms with Crippen molar-refractivity contribution in [2.75, 3.05) is 10.6 Å². The van der Waals surface area contributed by atoms with Gasteiger partial charge in [-0.3, -0.25) is 9.59 Å². The zero-order valence-corrected chi connectivity index (χ0v) is 16.7. The second-order valence-electron chi connectivity index (χ2n) is 6.46. The first kappa shape index (κ1) is 20.2. The monoisotopic (exact) mass is 403 g/mol. The Kier molecular flexibility index (Phi) is 6.71. The Morgan fingerprint density at radius 2 is 1.28 bits per heavy atom. The number of rotatable bonds is 5. The fourth-order valence-electron chi connectivity index (χ4n) is 3.01. The van der Waals surface area contributed by atoms with Crippen LogP contribution >= 0.6 is 12.2 Å². The number of amides is 2. The standard InChI is InChI=1S/C23H21N3O2S/c1-16(27)24-19-13-8-14-20(15-19)25-23(29)26-22(28)21(17-9-4-2-5-10-17)18-11-6-3-7-12-18/h2-15,21H,1H3,(H,24,27)(H2,25,26,28,29). The van der Waals surface area contributed by atoms with Gasteiger partial charge in [-0.1, -0.05) is 66.7 Å². The third-order valence-corrected chi connectivity index (χ3v) is 4.41. The molecule has 0 unspecified atom stereocenters. The second-order valence-corrected chi connectivity index (χ2v) is 6.87. The SMILES string of the molecule is CC(=O)Nc1cccc(NC(=S)NC(=O)C(c2ccccc2)c2ccccc2)c1. The Morgan fingerprint density at radius 1 is 0.759 bits per heavy atom. The molecule has 0 heterocycles. The molecule has 0 atom stereocenters. The minimum absolute atomic E-state index is 0.161. The Bertz CT molecular complexity index is 967. The van der Waals surface area contributed by atoms with E-state index >= 15 is 0 Å². The van der Waals surface area contributed by atoms with Crippen molar-refractivity contribution in [2.45, 2.75) is 12.8 Å². The van der Waals surface area contributed by atoms with Gasteiger partial charge in [0.25, 0.3) is 0 Å². The van der Waals surface area contributed by atoms with Crippen molar-refractivity contribution in [3.05, 3.63) is 96.1 Å². The van der Waals surface area contributed by atoms with Gasteiger partial charge >= 0.3 is 0 Å². The zero-order valence-electron chi connectivity index (χ0n) is 15.9. The maximum absolute atomic E-state index is 13.1. The van der Waals surface area contributed by atoms with E-state index in [2.05, 4.69) is 16.0 Å². The molecular formula is C23H21N3O2S. The largest absolute Gasteiger partial charge is 0.332 e. The lowest BCUT2D eigenvalue weighted by atomic mass is 9.90. The molecule has 29 heavy (non-hydrogen) atoms. The Morgan fingerprint density at radius 3 is 1.79 bits per heavy atom. The lowest BCUT2D eigenvalue weighted by Crippen LogP contribution is -2.37. The highest BCUT2D eigenvalue weighted by molar-refractivity contribution is 7.80. The highest BCUT2D eigenvalue weighted by Gasteiger charge is 2.23. The third-order valence-electron chi connectivity index (χ3n) is 4.21. The number of benzene rings is 3. The summed E-state index contributed by atoms with van der Waals surface area (Å²) in [5.74, 6) is -0.868. The smallest absolute Gasteiger partial charge is 0.238 e. The fourth-order valence-corrected chi connectivity index (χ4v) is 3.23. The van der Waals surface area contributed by atoms with Crippen LogP contribution in [0, 0.1) is 0 Å². The third kappa shape index (κ3) is 5.73. The van der Waals surface area contributed by atoms with Gasteiger partial charge in [0.05, 0.1) is 5.92 Å². The molecule has 146 valence electrons. The second kappa shape index (κ2) is 9.61. The van der Waals surface area contributed by atoms with E-state index in [1.54, 1.807) is 24.3 Å². The van der Waals surface area contributed by atoms with Crippen LogP contribution in [-0.2, 0) is 9.59 Å². The van der Waals surface area contributed by atoms with E-state index in [0.717, 1.165) is 11.1 Å². The van der Waals surface area contributed by atoms with Crippen LogP contribution in [0.5, 0.6) is 0 Å². The molecule has 0 saturated heterocycles. The first-order valence-corrected chi connectivity index (χ1v) is 9.53. The van der Waals surface area contributed by atoms with E-state index in [-0.39, 0.29) is 16.9 Å². The maximum Gasteiger partial charge on any atom is 0.238 e. The summed E-state index contributed by atoms with van der Waals surface area (Å²) in [6.45, 7) is 1.44. The molecule has 2 amide bonds. The zero-order chi connectivity index (χ0) is 20.6. The quantitative estimate of drug-likeness (QED) is 0.556. The van der Waals surface area contributed by atoms with Crippen LogP contribution < -0.4 is 16.0 Å². The van der Waals surface area contributed by atoms with Crippen molar-refractivity contribution >= 4 is 40.5 Å². The lowest BCUT2D eigenvalue weighted by Gasteiger charge is -2.19. The van der Waals surface area contributed by atoms with Crippen molar-refractivity contribution in [3.63, 3.8) is 0 Å². The van der Waals surface area contributed by atoms with Crippen LogP contribution in [0.4, 0.5) is 11.4 Å². The van der Waals surface area contributed by atoms with Crippen LogP contribution in [0.15, 0.2) is 84.9 Å². The van der Waals surface area contributed by atoms with Crippen molar-refractivity contribution in [2.24, 2.45) is 0 Å². The van der Waals surface area contributed by atoms with Crippen LogP contribution in [-0.4, -0.2) is 16.9 Å². The predicted octanol–water partition coefficient (Wildman–Crippen LogP) is 4.29. The van der Waals surface area contributed by atoms with E-state index in [0.29, 0.717) is 11.4 Å². The van der Waals surface area contributed by atoms with Gasteiger partial charge in [0.1, 0.15) is 0 Å². The molecule has 3 rings (SSSR count). The number of hydrogen-bond donors (Lipinski definition) is 3. The van der Waals surface area contributed by atoms with Crippen molar-refractivity contribution in [1.82, 2.24) is 5.32 Å². The summed E-state index contributed by atoms with van der Waals surface area (Å²) >= 11 is 5.33. The lowest BCUT2D eigenvalue weighted by molar-refractivity contribution is -0.120. The summed E-state index contributed by atoms with van der Waals surface area (Å²) in [6, 6.07) is 26.2. The molecule has 6 heteroatoms. The molecule has 0 aliphatic rings. The van der Waals surface area contributed by atoms with Crippen molar-refractivity contribution in [3.8, 4) is 0 Å². The summed E-state index contributed by atoms with van der Waals surface area (Å²) in [6.07, 6.45) is 0. The Balaban J connectivity index is 1.74. The van der Waals surface area contributed by atoms with E-state index in [9.17, 15) is 9.59 Å². The maximum atomic E-state index is 13.1. The van der Waals surface area contributed by atoms with Crippen LogP contribution in [0.2, 0.25) is 0 Å². The summed E-state index contributed by atoms with van der Waals surface area (Å²) in [5.41, 5.74) is 3.07. The molecule has 0 saturated carbocycles. The van der Waals surface area contributed by atoms with Gasteiger partial charge in [-0.2, -0.15) is 0 Å². The van der Waals surface area contributed by atoms with Gasteiger partial charge in [0, 0.05) is 18.3 Å². The molecule has 3 aromatic carbocycles. The van der Waals surface area contributed by atoms with Gasteiger partial charge in [0.2, 0.25) is 11.8 Å². The molecule has 0 radical (unpaired) electrons. The minimum Gasteiger partial charge on any atom is -0.332 e. The Labute approximate surface area is 175 Å². The van der Waals surface area contributed by atoms with Crippen molar-refractivity contribution in [1.29, 1.82) is 0 Å². The van der Waals surface area contributed by atoms with Crippen molar-refractivity contribution < 1.29 is 9.59 Å².